The summed E-state index contributed by atoms with van der Waals surface area (Å²) < 4.78 is 42.0. The van der Waals surface area contributed by atoms with E-state index < -0.39 is 18.7 Å². The standard InChI is InChI=1S/C17H19F3N2O3/c1-10-2-5-13(14(6-10)25-9-17(18,19)20)21-16(24)11-7-15(23)22(8-11)12-3-4-12/h2,5-6,11-12H,3-4,7-9H2,1H3,(H,21,24)/t11-/m0/s1. The van der Waals surface area contributed by atoms with Crippen LogP contribution in [0.15, 0.2) is 18.2 Å². The van der Waals surface area contributed by atoms with Crippen LogP contribution in [-0.2, 0) is 9.59 Å². The molecule has 0 unspecified atom stereocenters. The highest BCUT2D eigenvalue weighted by Gasteiger charge is 2.41. The third kappa shape index (κ3) is 4.43. The Morgan fingerprint density at radius 1 is 1.36 bits per heavy atom. The number of carbonyl (C=O) groups excluding carboxylic acids is 2. The molecule has 1 aliphatic carbocycles. The number of anilines is 1. The van der Waals surface area contributed by atoms with Gasteiger partial charge in [-0.15, -0.1) is 0 Å². The second-order valence-electron chi connectivity index (χ2n) is 6.57. The quantitative estimate of drug-likeness (QED) is 0.883. The van der Waals surface area contributed by atoms with Crippen molar-refractivity contribution < 1.29 is 27.5 Å². The summed E-state index contributed by atoms with van der Waals surface area (Å²) in [5.41, 5.74) is 0.892. The summed E-state index contributed by atoms with van der Waals surface area (Å²) >= 11 is 0. The van der Waals surface area contributed by atoms with Gasteiger partial charge in [0.05, 0.1) is 11.6 Å². The minimum absolute atomic E-state index is 0.0333. The summed E-state index contributed by atoms with van der Waals surface area (Å²) in [4.78, 5) is 26.1. The molecule has 0 bridgehead atoms. The lowest BCUT2D eigenvalue weighted by Crippen LogP contribution is -2.30. The van der Waals surface area contributed by atoms with E-state index in [0.29, 0.717) is 12.1 Å². The molecule has 8 heteroatoms. The summed E-state index contributed by atoms with van der Waals surface area (Å²) in [5.74, 6) is -0.948. The Morgan fingerprint density at radius 3 is 2.72 bits per heavy atom. The van der Waals surface area contributed by atoms with Gasteiger partial charge in [0.1, 0.15) is 5.75 Å². The molecule has 1 heterocycles. The van der Waals surface area contributed by atoms with Crippen LogP contribution < -0.4 is 10.1 Å². The van der Waals surface area contributed by atoms with Gasteiger partial charge in [-0.3, -0.25) is 9.59 Å². The number of amides is 2. The van der Waals surface area contributed by atoms with Gasteiger partial charge in [0.15, 0.2) is 6.61 Å². The largest absolute Gasteiger partial charge is 0.482 e. The molecule has 3 rings (SSSR count). The minimum atomic E-state index is -4.46. The van der Waals surface area contributed by atoms with Gasteiger partial charge in [-0.25, -0.2) is 0 Å². The molecule has 136 valence electrons. The molecule has 1 saturated carbocycles. The molecular weight excluding hydrogens is 337 g/mol. The molecule has 1 aromatic rings. The Kier molecular flexibility index (Phi) is 4.62. The van der Waals surface area contributed by atoms with Crippen molar-refractivity contribution in [1.82, 2.24) is 4.90 Å². The van der Waals surface area contributed by atoms with Crippen LogP contribution in [0.2, 0.25) is 0 Å². The number of ether oxygens (including phenoxy) is 1. The van der Waals surface area contributed by atoms with Crippen molar-refractivity contribution in [3.63, 3.8) is 0 Å². The fourth-order valence-corrected chi connectivity index (χ4v) is 2.89. The number of rotatable bonds is 5. The number of halogens is 3. The number of aryl methyl sites for hydroxylation is 1. The molecule has 5 nitrogen and oxygen atoms in total. The smallest absolute Gasteiger partial charge is 0.422 e. The van der Waals surface area contributed by atoms with E-state index in [1.807, 2.05) is 0 Å². The van der Waals surface area contributed by atoms with E-state index in [1.165, 1.54) is 12.1 Å². The minimum Gasteiger partial charge on any atom is -0.482 e. The van der Waals surface area contributed by atoms with Crippen LogP contribution in [0, 0.1) is 12.8 Å². The molecular formula is C17H19F3N2O3. The van der Waals surface area contributed by atoms with Gasteiger partial charge in [0, 0.05) is 19.0 Å². The molecule has 2 aliphatic rings. The number of hydrogen-bond acceptors (Lipinski definition) is 3. The maximum absolute atomic E-state index is 12.4. The van der Waals surface area contributed by atoms with E-state index >= 15 is 0 Å². The van der Waals surface area contributed by atoms with E-state index in [0.717, 1.165) is 12.8 Å². The molecule has 0 aromatic heterocycles. The molecule has 2 amide bonds. The van der Waals surface area contributed by atoms with Gasteiger partial charge in [0.2, 0.25) is 11.8 Å². The zero-order valence-corrected chi connectivity index (χ0v) is 13.7. The number of likely N-dealkylation sites (tertiary alicyclic amines) is 1. The number of alkyl halides is 3. The van der Waals surface area contributed by atoms with Crippen LogP contribution in [-0.4, -0.2) is 42.1 Å². The maximum Gasteiger partial charge on any atom is 0.422 e. The SMILES string of the molecule is Cc1ccc(NC(=O)[C@H]2CC(=O)N(C3CC3)C2)c(OCC(F)(F)F)c1. The monoisotopic (exact) mass is 356 g/mol. The van der Waals surface area contributed by atoms with Crippen molar-refractivity contribution in [3.05, 3.63) is 23.8 Å². The predicted octanol–water partition coefficient (Wildman–Crippen LogP) is 2.89. The first kappa shape index (κ1) is 17.6. The summed E-state index contributed by atoms with van der Waals surface area (Å²) in [5, 5.41) is 2.61. The van der Waals surface area contributed by atoms with Gasteiger partial charge in [0.25, 0.3) is 0 Å². The molecule has 2 fully saturated rings. The Hall–Kier alpha value is -2.25. The molecule has 1 aromatic carbocycles. The molecule has 0 spiro atoms. The first-order chi connectivity index (χ1) is 11.7. The number of nitrogens with one attached hydrogen (secondary N) is 1. The predicted molar refractivity (Wildman–Crippen MR) is 84.2 cm³/mol. The van der Waals surface area contributed by atoms with Crippen LogP contribution in [0.1, 0.15) is 24.8 Å². The molecule has 1 aliphatic heterocycles. The third-order valence-electron chi connectivity index (χ3n) is 4.30. The fraction of sp³-hybridized carbons (Fsp3) is 0.529. The van der Waals surface area contributed by atoms with E-state index in [1.54, 1.807) is 17.9 Å². The average Bonchev–Trinajstić information content (AvgIpc) is 3.29. The first-order valence-electron chi connectivity index (χ1n) is 8.13. The van der Waals surface area contributed by atoms with Crippen LogP contribution in [0.5, 0.6) is 5.75 Å². The lowest BCUT2D eigenvalue weighted by Gasteiger charge is -2.17. The van der Waals surface area contributed by atoms with Gasteiger partial charge in [-0.05, 0) is 37.5 Å². The summed E-state index contributed by atoms with van der Waals surface area (Å²) in [6.45, 7) is 0.645. The van der Waals surface area contributed by atoms with Crippen molar-refractivity contribution in [1.29, 1.82) is 0 Å². The van der Waals surface area contributed by atoms with Gasteiger partial charge >= 0.3 is 6.18 Å². The highest BCUT2D eigenvalue weighted by molar-refractivity contribution is 5.98. The van der Waals surface area contributed by atoms with Gasteiger partial charge in [-0.1, -0.05) is 6.07 Å². The van der Waals surface area contributed by atoms with Crippen LogP contribution in [0.4, 0.5) is 18.9 Å². The molecule has 25 heavy (non-hydrogen) atoms. The zero-order chi connectivity index (χ0) is 18.2. The number of hydrogen-bond donors (Lipinski definition) is 1. The van der Waals surface area contributed by atoms with Crippen molar-refractivity contribution in [2.75, 3.05) is 18.5 Å². The highest BCUT2D eigenvalue weighted by Crippen LogP contribution is 2.34. The van der Waals surface area contributed by atoms with E-state index in [-0.39, 0.29) is 35.7 Å². The number of nitrogens with zero attached hydrogens (tertiary/aromatic N) is 1. The summed E-state index contributed by atoms with van der Waals surface area (Å²) in [6.07, 6.45) is -2.40. The maximum atomic E-state index is 12.4. The van der Waals surface area contributed by atoms with Crippen LogP contribution in [0.25, 0.3) is 0 Å². The van der Waals surface area contributed by atoms with E-state index in [2.05, 4.69) is 5.32 Å². The summed E-state index contributed by atoms with van der Waals surface area (Å²) in [7, 11) is 0. The van der Waals surface area contributed by atoms with E-state index in [4.69, 9.17) is 4.74 Å². The number of carbonyl (C=O) groups is 2. The second-order valence-corrected chi connectivity index (χ2v) is 6.57. The normalized spacial score (nSPS) is 20.7. The molecule has 0 radical (unpaired) electrons. The zero-order valence-electron chi connectivity index (χ0n) is 13.7. The second kappa shape index (κ2) is 6.57. The molecule has 1 saturated heterocycles. The van der Waals surface area contributed by atoms with Crippen molar-refractivity contribution >= 4 is 17.5 Å². The van der Waals surface area contributed by atoms with E-state index in [9.17, 15) is 22.8 Å². The lowest BCUT2D eigenvalue weighted by molar-refractivity contribution is -0.153. The third-order valence-corrected chi connectivity index (χ3v) is 4.30. The van der Waals surface area contributed by atoms with Crippen LogP contribution >= 0.6 is 0 Å². The van der Waals surface area contributed by atoms with Gasteiger partial charge < -0.3 is 15.0 Å². The average molecular weight is 356 g/mol. The highest BCUT2D eigenvalue weighted by atomic mass is 19.4. The summed E-state index contributed by atoms with van der Waals surface area (Å²) in [6, 6.07) is 4.87. The Morgan fingerprint density at radius 2 is 2.08 bits per heavy atom. The van der Waals surface area contributed by atoms with Crippen molar-refractivity contribution in [2.24, 2.45) is 5.92 Å². The van der Waals surface area contributed by atoms with Crippen molar-refractivity contribution in [2.45, 2.75) is 38.4 Å². The Labute approximate surface area is 143 Å². The van der Waals surface area contributed by atoms with Crippen LogP contribution in [0.3, 0.4) is 0 Å². The number of benzene rings is 1. The topological polar surface area (TPSA) is 58.6 Å². The first-order valence-corrected chi connectivity index (χ1v) is 8.13. The molecule has 1 atom stereocenters. The van der Waals surface area contributed by atoms with Crippen molar-refractivity contribution in [3.8, 4) is 5.75 Å². The Balaban J connectivity index is 1.67. The Bertz CT molecular complexity index is 686. The lowest BCUT2D eigenvalue weighted by atomic mass is 10.1. The molecule has 1 N–H and O–H groups in total. The van der Waals surface area contributed by atoms with Gasteiger partial charge in [-0.2, -0.15) is 13.2 Å². The fourth-order valence-electron chi connectivity index (χ4n) is 2.89.